The molecule has 0 bridgehead atoms. The minimum Gasteiger partial charge on any atom is -0.465 e. The second kappa shape index (κ2) is 5.74. The normalized spacial score (nSPS) is 17.8. The molecule has 1 aliphatic carbocycles. The van der Waals surface area contributed by atoms with E-state index in [1.54, 1.807) is 11.4 Å². The minimum absolute atomic E-state index is 0.00996. The molecule has 19 heavy (non-hydrogen) atoms. The highest BCUT2D eigenvalue weighted by molar-refractivity contribution is 7.12. The lowest BCUT2D eigenvalue weighted by molar-refractivity contribution is -0.126. The number of anilines is 1. The summed E-state index contributed by atoms with van der Waals surface area (Å²) in [6.07, 6.45) is 5.22. The fourth-order valence-electron chi connectivity index (χ4n) is 2.49. The van der Waals surface area contributed by atoms with Crippen LogP contribution >= 0.6 is 11.3 Å². The van der Waals surface area contributed by atoms with Crippen molar-refractivity contribution in [2.75, 3.05) is 12.4 Å². The topological polar surface area (TPSA) is 55.4 Å². The Morgan fingerprint density at radius 3 is 2.63 bits per heavy atom. The smallest absolute Gasteiger partial charge is 0.350 e. The van der Waals surface area contributed by atoms with Crippen molar-refractivity contribution in [3.05, 3.63) is 16.3 Å². The number of rotatable bonds is 3. The summed E-state index contributed by atoms with van der Waals surface area (Å²) in [5.74, 6) is -0.394. The number of hydrogen-bond donors (Lipinski definition) is 1. The Balaban J connectivity index is 2.10. The minimum atomic E-state index is -0.404. The number of thiophene rings is 1. The van der Waals surface area contributed by atoms with Crippen molar-refractivity contribution < 1.29 is 14.3 Å². The van der Waals surface area contributed by atoms with Crippen LogP contribution in [-0.4, -0.2) is 19.0 Å². The average Bonchev–Trinajstić information content (AvgIpc) is 2.87. The summed E-state index contributed by atoms with van der Waals surface area (Å²) in [4.78, 5) is 24.4. The molecule has 5 heteroatoms. The van der Waals surface area contributed by atoms with E-state index in [0.29, 0.717) is 10.6 Å². The fourth-order valence-corrected chi connectivity index (χ4v) is 3.26. The van der Waals surface area contributed by atoms with E-state index in [-0.39, 0.29) is 11.3 Å². The standard InChI is InChI=1S/C14H19NO3S/c1-14(7-4-3-5-8-14)13(17)15-10-6-9-19-11(10)12(16)18-2/h6,9H,3-5,7-8H2,1-2H3,(H,15,17). The second-order valence-corrected chi connectivity index (χ2v) is 6.15. The molecule has 0 aliphatic heterocycles. The van der Waals surface area contributed by atoms with Gasteiger partial charge in [0.15, 0.2) is 0 Å². The van der Waals surface area contributed by atoms with Crippen LogP contribution in [0, 0.1) is 5.41 Å². The maximum atomic E-state index is 12.4. The molecule has 2 rings (SSSR count). The fraction of sp³-hybridized carbons (Fsp3) is 0.571. The maximum absolute atomic E-state index is 12.4. The van der Waals surface area contributed by atoms with Crippen molar-refractivity contribution in [2.24, 2.45) is 5.41 Å². The first-order valence-electron chi connectivity index (χ1n) is 6.54. The molecule has 0 saturated heterocycles. The maximum Gasteiger partial charge on any atom is 0.350 e. The van der Waals surface area contributed by atoms with Crippen LogP contribution in [0.3, 0.4) is 0 Å². The van der Waals surface area contributed by atoms with E-state index in [1.165, 1.54) is 24.9 Å². The molecule has 1 saturated carbocycles. The number of nitrogens with one attached hydrogen (secondary N) is 1. The van der Waals surface area contributed by atoms with Crippen molar-refractivity contribution in [3.63, 3.8) is 0 Å². The van der Waals surface area contributed by atoms with Crippen LogP contribution in [-0.2, 0) is 9.53 Å². The van der Waals surface area contributed by atoms with E-state index in [9.17, 15) is 9.59 Å². The van der Waals surface area contributed by atoms with Crippen molar-refractivity contribution in [2.45, 2.75) is 39.0 Å². The molecule has 1 heterocycles. The third-order valence-electron chi connectivity index (χ3n) is 3.79. The zero-order valence-electron chi connectivity index (χ0n) is 11.3. The van der Waals surface area contributed by atoms with Crippen LogP contribution in [0.2, 0.25) is 0 Å². The van der Waals surface area contributed by atoms with Crippen LogP contribution in [0.1, 0.15) is 48.7 Å². The Bertz CT molecular complexity index is 475. The van der Waals surface area contributed by atoms with Gasteiger partial charge >= 0.3 is 5.97 Å². The molecule has 0 spiro atoms. The van der Waals surface area contributed by atoms with E-state index >= 15 is 0 Å². The molecule has 1 aliphatic rings. The summed E-state index contributed by atoms with van der Waals surface area (Å²) in [5, 5.41) is 4.67. The predicted molar refractivity (Wildman–Crippen MR) is 75.5 cm³/mol. The van der Waals surface area contributed by atoms with E-state index in [0.717, 1.165) is 25.7 Å². The van der Waals surface area contributed by atoms with Crippen LogP contribution in [0.5, 0.6) is 0 Å². The van der Waals surface area contributed by atoms with Crippen LogP contribution < -0.4 is 5.32 Å². The molecule has 1 aromatic rings. The second-order valence-electron chi connectivity index (χ2n) is 5.23. The van der Waals surface area contributed by atoms with Gasteiger partial charge in [0.2, 0.25) is 5.91 Å². The van der Waals surface area contributed by atoms with Gasteiger partial charge in [0, 0.05) is 5.41 Å². The SMILES string of the molecule is COC(=O)c1sccc1NC(=O)C1(C)CCCCC1. The molecule has 1 fully saturated rings. The lowest BCUT2D eigenvalue weighted by Gasteiger charge is -2.31. The van der Waals surface area contributed by atoms with Crippen LogP contribution in [0.4, 0.5) is 5.69 Å². The van der Waals surface area contributed by atoms with Crippen molar-refractivity contribution in [1.82, 2.24) is 0 Å². The summed E-state index contributed by atoms with van der Waals surface area (Å²) >= 11 is 1.28. The largest absolute Gasteiger partial charge is 0.465 e. The Hall–Kier alpha value is -1.36. The van der Waals surface area contributed by atoms with Gasteiger partial charge in [-0.05, 0) is 24.3 Å². The summed E-state index contributed by atoms with van der Waals surface area (Å²) in [7, 11) is 1.34. The molecule has 1 amide bonds. The zero-order chi connectivity index (χ0) is 13.9. The highest BCUT2D eigenvalue weighted by atomic mass is 32.1. The van der Waals surface area contributed by atoms with E-state index in [2.05, 4.69) is 5.32 Å². The molecule has 0 unspecified atom stereocenters. The van der Waals surface area contributed by atoms with Gasteiger partial charge in [-0.15, -0.1) is 11.3 Å². The van der Waals surface area contributed by atoms with Gasteiger partial charge < -0.3 is 10.1 Å². The van der Waals surface area contributed by atoms with E-state index < -0.39 is 5.97 Å². The van der Waals surface area contributed by atoms with Gasteiger partial charge in [-0.25, -0.2) is 4.79 Å². The lowest BCUT2D eigenvalue weighted by atomic mass is 9.75. The average molecular weight is 281 g/mol. The third-order valence-corrected chi connectivity index (χ3v) is 4.68. The first-order valence-corrected chi connectivity index (χ1v) is 7.42. The first kappa shape index (κ1) is 14.1. The van der Waals surface area contributed by atoms with Crippen LogP contribution in [0.25, 0.3) is 0 Å². The van der Waals surface area contributed by atoms with Crippen molar-refractivity contribution in [1.29, 1.82) is 0 Å². The van der Waals surface area contributed by atoms with Crippen molar-refractivity contribution >= 4 is 28.9 Å². The Morgan fingerprint density at radius 1 is 1.32 bits per heavy atom. The third kappa shape index (κ3) is 2.97. The molecular weight excluding hydrogens is 262 g/mol. The van der Waals surface area contributed by atoms with Gasteiger partial charge in [0.25, 0.3) is 0 Å². The quantitative estimate of drug-likeness (QED) is 0.863. The Labute approximate surface area is 117 Å². The van der Waals surface area contributed by atoms with Gasteiger partial charge in [-0.3, -0.25) is 4.79 Å². The summed E-state index contributed by atoms with van der Waals surface area (Å²) < 4.78 is 4.71. The number of carbonyl (C=O) groups is 2. The van der Waals surface area contributed by atoms with E-state index in [1.807, 2.05) is 6.92 Å². The summed E-state index contributed by atoms with van der Waals surface area (Å²) in [6, 6.07) is 1.75. The van der Waals surface area contributed by atoms with Gasteiger partial charge in [0.05, 0.1) is 12.8 Å². The molecule has 1 N–H and O–H groups in total. The lowest BCUT2D eigenvalue weighted by Crippen LogP contribution is -2.35. The van der Waals surface area contributed by atoms with Crippen LogP contribution in [0.15, 0.2) is 11.4 Å². The van der Waals surface area contributed by atoms with Crippen molar-refractivity contribution in [3.8, 4) is 0 Å². The Kier molecular flexibility index (Phi) is 4.24. The molecule has 0 aromatic carbocycles. The number of hydrogen-bond acceptors (Lipinski definition) is 4. The predicted octanol–water partition coefficient (Wildman–Crippen LogP) is 3.44. The Morgan fingerprint density at radius 2 is 2.00 bits per heavy atom. The van der Waals surface area contributed by atoms with Gasteiger partial charge in [-0.1, -0.05) is 26.2 Å². The highest BCUT2D eigenvalue weighted by Crippen LogP contribution is 2.37. The monoisotopic (exact) mass is 281 g/mol. The first-order chi connectivity index (χ1) is 9.07. The van der Waals surface area contributed by atoms with Gasteiger partial charge in [-0.2, -0.15) is 0 Å². The number of ether oxygens (including phenoxy) is 1. The molecule has 0 radical (unpaired) electrons. The van der Waals surface area contributed by atoms with E-state index in [4.69, 9.17) is 4.74 Å². The summed E-state index contributed by atoms with van der Waals surface area (Å²) in [5.41, 5.74) is 0.252. The number of amides is 1. The molecule has 1 aromatic heterocycles. The summed E-state index contributed by atoms with van der Waals surface area (Å²) in [6.45, 7) is 2.01. The molecular formula is C14H19NO3S. The highest BCUT2D eigenvalue weighted by Gasteiger charge is 2.35. The zero-order valence-corrected chi connectivity index (χ0v) is 12.1. The number of methoxy groups -OCH3 is 1. The van der Waals surface area contributed by atoms with Gasteiger partial charge in [0.1, 0.15) is 4.88 Å². The molecule has 0 atom stereocenters. The number of carbonyl (C=O) groups excluding carboxylic acids is 2. The number of esters is 1. The molecule has 4 nitrogen and oxygen atoms in total. The molecule has 104 valence electrons.